The number of aromatic amines is 1. The molecule has 0 amide bonds. The lowest BCUT2D eigenvalue weighted by Crippen LogP contribution is -1.81. The fourth-order valence-corrected chi connectivity index (χ4v) is 3.15. The predicted molar refractivity (Wildman–Crippen MR) is 91.5 cm³/mol. The molecule has 0 aliphatic rings. The Morgan fingerprint density at radius 1 is 0.909 bits per heavy atom. The molecule has 0 bridgehead atoms. The normalized spacial score (nSPS) is 10.4. The summed E-state index contributed by atoms with van der Waals surface area (Å²) in [4.78, 5) is 4.35. The van der Waals surface area contributed by atoms with E-state index in [1.807, 2.05) is 54.6 Å². The van der Waals surface area contributed by atoms with Crippen LogP contribution in [0.25, 0.3) is 11.3 Å². The molecule has 3 aromatic rings. The van der Waals surface area contributed by atoms with Crippen LogP contribution in [0.1, 0.15) is 5.56 Å². The summed E-state index contributed by atoms with van der Waals surface area (Å²) >= 11 is 13.3. The number of hydrogen-bond donors (Lipinski definition) is 1. The van der Waals surface area contributed by atoms with Crippen LogP contribution in [-0.4, -0.2) is 4.98 Å². The Hall–Kier alpha value is -1.86. The van der Waals surface area contributed by atoms with E-state index in [1.54, 1.807) is 11.8 Å². The van der Waals surface area contributed by atoms with Gasteiger partial charge >= 0.3 is 0 Å². The molecular formula is C17H10Cl2N2S. The first kappa shape index (κ1) is 15.1. The monoisotopic (exact) mass is 344 g/mol. The second-order valence-electron chi connectivity index (χ2n) is 4.60. The van der Waals surface area contributed by atoms with Gasteiger partial charge in [0, 0.05) is 14.9 Å². The third kappa shape index (κ3) is 3.31. The van der Waals surface area contributed by atoms with E-state index in [0.717, 1.165) is 21.2 Å². The quantitative estimate of drug-likeness (QED) is 0.631. The zero-order chi connectivity index (χ0) is 15.5. The summed E-state index contributed by atoms with van der Waals surface area (Å²) in [5.74, 6) is 0. The first-order valence-corrected chi connectivity index (χ1v) is 8.05. The molecule has 108 valence electrons. The van der Waals surface area contributed by atoms with Gasteiger partial charge in [0.15, 0.2) is 0 Å². The number of nitrogens with zero attached hydrogens (tertiary/aromatic N) is 1. The Morgan fingerprint density at radius 2 is 1.50 bits per heavy atom. The summed E-state index contributed by atoms with van der Waals surface area (Å²) in [5.41, 5.74) is 2.35. The highest BCUT2D eigenvalue weighted by Gasteiger charge is 2.11. The smallest absolute Gasteiger partial charge is 0.101 e. The van der Waals surface area contributed by atoms with Gasteiger partial charge in [0.05, 0.1) is 16.3 Å². The third-order valence-electron chi connectivity index (χ3n) is 3.09. The molecule has 0 unspecified atom stereocenters. The molecule has 1 aromatic heterocycles. The van der Waals surface area contributed by atoms with Gasteiger partial charge in [-0.05, 0) is 48.0 Å². The van der Waals surface area contributed by atoms with Gasteiger partial charge in [0.25, 0.3) is 0 Å². The number of nitriles is 1. The topological polar surface area (TPSA) is 39.6 Å². The van der Waals surface area contributed by atoms with Gasteiger partial charge in [-0.1, -0.05) is 47.1 Å². The van der Waals surface area contributed by atoms with E-state index in [4.69, 9.17) is 23.2 Å². The standard InChI is InChI=1S/C17H10Cl2N2S/c18-13-3-1-11(2-4-13)17-12(10-20)9-16(21-17)22-15-7-5-14(19)6-8-15/h1-9,21H. The molecule has 3 rings (SSSR count). The number of rotatable bonds is 3. The number of nitrogens with one attached hydrogen (secondary N) is 1. The number of H-pyrrole nitrogens is 1. The SMILES string of the molecule is N#Cc1cc(Sc2ccc(Cl)cc2)[nH]c1-c1ccc(Cl)cc1. The molecule has 0 aliphatic heterocycles. The highest BCUT2D eigenvalue weighted by molar-refractivity contribution is 7.99. The summed E-state index contributed by atoms with van der Waals surface area (Å²) in [6.07, 6.45) is 0. The molecule has 0 aliphatic carbocycles. The maximum atomic E-state index is 9.33. The third-order valence-corrected chi connectivity index (χ3v) is 4.54. The van der Waals surface area contributed by atoms with E-state index in [0.29, 0.717) is 15.6 Å². The highest BCUT2D eigenvalue weighted by atomic mass is 35.5. The molecule has 22 heavy (non-hydrogen) atoms. The number of hydrogen-bond acceptors (Lipinski definition) is 2. The van der Waals surface area contributed by atoms with Crippen LogP contribution in [-0.2, 0) is 0 Å². The molecule has 0 saturated heterocycles. The van der Waals surface area contributed by atoms with Crippen LogP contribution >= 0.6 is 35.0 Å². The molecule has 1 N–H and O–H groups in total. The second-order valence-corrected chi connectivity index (χ2v) is 6.59. The van der Waals surface area contributed by atoms with Gasteiger partial charge in [0.1, 0.15) is 6.07 Å². The second kappa shape index (κ2) is 6.50. The fourth-order valence-electron chi connectivity index (χ4n) is 2.05. The molecule has 0 atom stereocenters. The Balaban J connectivity index is 1.93. The number of aromatic nitrogens is 1. The van der Waals surface area contributed by atoms with Crippen molar-refractivity contribution >= 4 is 35.0 Å². The lowest BCUT2D eigenvalue weighted by atomic mass is 10.1. The summed E-state index contributed by atoms with van der Waals surface area (Å²) in [6, 6.07) is 19.1. The Morgan fingerprint density at radius 3 is 2.09 bits per heavy atom. The molecule has 0 fully saturated rings. The minimum atomic E-state index is 0.610. The molecule has 5 heteroatoms. The zero-order valence-electron chi connectivity index (χ0n) is 11.3. The molecule has 0 spiro atoms. The van der Waals surface area contributed by atoms with Crippen molar-refractivity contribution in [3.8, 4) is 17.3 Å². The molecule has 2 nitrogen and oxygen atoms in total. The van der Waals surface area contributed by atoms with Crippen LogP contribution in [0, 0.1) is 11.3 Å². The van der Waals surface area contributed by atoms with Crippen LogP contribution in [0.3, 0.4) is 0 Å². The van der Waals surface area contributed by atoms with E-state index in [1.165, 1.54) is 0 Å². The van der Waals surface area contributed by atoms with Crippen molar-refractivity contribution in [2.45, 2.75) is 9.92 Å². The fraction of sp³-hybridized carbons (Fsp3) is 0. The zero-order valence-corrected chi connectivity index (χ0v) is 13.6. The van der Waals surface area contributed by atoms with E-state index >= 15 is 0 Å². The lowest BCUT2D eigenvalue weighted by molar-refractivity contribution is 1.20. The predicted octanol–water partition coefficient (Wildman–Crippen LogP) is 6.01. The van der Waals surface area contributed by atoms with Gasteiger partial charge in [-0.2, -0.15) is 5.26 Å². The maximum absolute atomic E-state index is 9.33. The van der Waals surface area contributed by atoms with Crippen molar-refractivity contribution in [2.24, 2.45) is 0 Å². The van der Waals surface area contributed by atoms with Crippen LogP contribution in [0.5, 0.6) is 0 Å². The van der Waals surface area contributed by atoms with Crippen LogP contribution < -0.4 is 0 Å². The Bertz CT molecular complexity index is 831. The van der Waals surface area contributed by atoms with Gasteiger partial charge in [-0.15, -0.1) is 0 Å². The van der Waals surface area contributed by atoms with E-state index < -0.39 is 0 Å². The van der Waals surface area contributed by atoms with Crippen molar-refractivity contribution in [1.82, 2.24) is 4.98 Å². The molecule has 0 saturated carbocycles. The molecular weight excluding hydrogens is 335 g/mol. The summed E-state index contributed by atoms with van der Waals surface area (Å²) in [7, 11) is 0. The average Bonchev–Trinajstić information content (AvgIpc) is 2.93. The van der Waals surface area contributed by atoms with Crippen LogP contribution in [0.15, 0.2) is 64.5 Å². The molecule has 0 radical (unpaired) electrons. The number of benzene rings is 2. The van der Waals surface area contributed by atoms with Crippen molar-refractivity contribution in [2.75, 3.05) is 0 Å². The van der Waals surface area contributed by atoms with E-state index in [9.17, 15) is 5.26 Å². The lowest BCUT2D eigenvalue weighted by Gasteiger charge is -2.01. The highest BCUT2D eigenvalue weighted by Crippen LogP contribution is 2.33. The Kier molecular flexibility index (Phi) is 4.44. The van der Waals surface area contributed by atoms with Crippen molar-refractivity contribution < 1.29 is 0 Å². The van der Waals surface area contributed by atoms with E-state index in [-0.39, 0.29) is 0 Å². The molecule has 2 aromatic carbocycles. The largest absolute Gasteiger partial charge is 0.348 e. The van der Waals surface area contributed by atoms with Crippen molar-refractivity contribution in [3.63, 3.8) is 0 Å². The van der Waals surface area contributed by atoms with Crippen LogP contribution in [0.2, 0.25) is 10.0 Å². The van der Waals surface area contributed by atoms with Crippen molar-refractivity contribution in [1.29, 1.82) is 5.26 Å². The first-order valence-electron chi connectivity index (χ1n) is 6.48. The summed E-state index contributed by atoms with van der Waals surface area (Å²) in [5, 5.41) is 11.6. The summed E-state index contributed by atoms with van der Waals surface area (Å²) in [6.45, 7) is 0. The maximum Gasteiger partial charge on any atom is 0.101 e. The van der Waals surface area contributed by atoms with Crippen LogP contribution in [0.4, 0.5) is 0 Å². The Labute approximate surface area is 142 Å². The minimum absolute atomic E-state index is 0.610. The van der Waals surface area contributed by atoms with Crippen molar-refractivity contribution in [3.05, 3.63) is 70.2 Å². The summed E-state index contributed by atoms with van der Waals surface area (Å²) < 4.78 is 0. The van der Waals surface area contributed by atoms with Gasteiger partial charge in [-0.25, -0.2) is 0 Å². The minimum Gasteiger partial charge on any atom is -0.348 e. The van der Waals surface area contributed by atoms with Gasteiger partial charge in [-0.3, -0.25) is 0 Å². The average molecular weight is 345 g/mol. The van der Waals surface area contributed by atoms with Gasteiger partial charge in [0.2, 0.25) is 0 Å². The van der Waals surface area contributed by atoms with E-state index in [2.05, 4.69) is 11.1 Å². The molecule has 1 heterocycles. The van der Waals surface area contributed by atoms with Gasteiger partial charge < -0.3 is 4.98 Å². The first-order chi connectivity index (χ1) is 10.7. The number of halogens is 2.